The van der Waals surface area contributed by atoms with Gasteiger partial charge >= 0.3 is 5.97 Å². The molecule has 2 aliphatic heterocycles. The highest BCUT2D eigenvalue weighted by Crippen LogP contribution is 2.47. The topological polar surface area (TPSA) is 63.7 Å². The van der Waals surface area contributed by atoms with Crippen LogP contribution >= 0.6 is 0 Å². The van der Waals surface area contributed by atoms with Gasteiger partial charge in [0.05, 0.1) is 24.3 Å². The molecule has 17 heavy (non-hydrogen) atoms. The molecule has 2 heterocycles. The molecule has 0 amide bonds. The monoisotopic (exact) mass is 253 g/mol. The van der Waals surface area contributed by atoms with Crippen LogP contribution in [-0.4, -0.2) is 26.9 Å². The Labute approximate surface area is 99.0 Å². The molecule has 90 valence electrons. The van der Waals surface area contributed by atoms with Gasteiger partial charge in [-0.05, 0) is 11.6 Å². The van der Waals surface area contributed by atoms with Gasteiger partial charge in [-0.2, -0.15) is 0 Å². The van der Waals surface area contributed by atoms with Gasteiger partial charge in [0.1, 0.15) is 0 Å². The van der Waals surface area contributed by atoms with E-state index in [-0.39, 0.29) is 18.3 Å². The third-order valence-corrected chi connectivity index (χ3v) is 4.26. The Morgan fingerprint density at radius 1 is 1.35 bits per heavy atom. The van der Waals surface area contributed by atoms with E-state index in [4.69, 9.17) is 4.74 Å². The normalized spacial score (nSPS) is 26.6. The van der Waals surface area contributed by atoms with Gasteiger partial charge in [-0.15, -0.1) is 0 Å². The highest BCUT2D eigenvalue weighted by atomic mass is 32.2. The third-order valence-electron chi connectivity index (χ3n) is 3.15. The van der Waals surface area contributed by atoms with E-state index in [0.717, 1.165) is 11.8 Å². The number of para-hydroxylation sites is 1. The summed E-state index contributed by atoms with van der Waals surface area (Å²) < 4.78 is 29.9. The minimum atomic E-state index is -3.44. The summed E-state index contributed by atoms with van der Waals surface area (Å²) in [5, 5.41) is 0. The molecule has 3 rings (SSSR count). The minimum absolute atomic E-state index is 0.173. The fraction of sp³-hybridized carbons (Fsp3) is 0.364. The average molecular weight is 253 g/mol. The molecule has 0 bridgehead atoms. The van der Waals surface area contributed by atoms with E-state index >= 15 is 0 Å². The summed E-state index contributed by atoms with van der Waals surface area (Å²) in [5.74, 6) is -0.517. The molecule has 0 radical (unpaired) electrons. The van der Waals surface area contributed by atoms with E-state index in [2.05, 4.69) is 0 Å². The van der Waals surface area contributed by atoms with Crippen LogP contribution in [0.25, 0.3) is 0 Å². The van der Waals surface area contributed by atoms with Gasteiger partial charge in [0, 0.05) is 0 Å². The lowest BCUT2D eigenvalue weighted by Crippen LogP contribution is -2.37. The lowest BCUT2D eigenvalue weighted by atomic mass is 9.99. The van der Waals surface area contributed by atoms with Gasteiger partial charge in [0.2, 0.25) is 10.0 Å². The largest absolute Gasteiger partial charge is 0.440 e. The predicted octanol–water partition coefficient (Wildman–Crippen LogP) is 0.823. The fourth-order valence-corrected chi connectivity index (χ4v) is 3.62. The Morgan fingerprint density at radius 2 is 2.06 bits per heavy atom. The summed E-state index contributed by atoms with van der Waals surface area (Å²) >= 11 is 0. The zero-order valence-electron chi connectivity index (χ0n) is 9.16. The average Bonchev–Trinajstić information content (AvgIpc) is 2.70. The number of esters is 1. The molecule has 1 aromatic carbocycles. The van der Waals surface area contributed by atoms with Gasteiger partial charge in [0.25, 0.3) is 0 Å². The molecule has 1 aromatic rings. The van der Waals surface area contributed by atoms with Crippen molar-refractivity contribution in [1.29, 1.82) is 0 Å². The van der Waals surface area contributed by atoms with Crippen molar-refractivity contribution in [2.24, 2.45) is 0 Å². The number of carbonyl (C=O) groups excluding carboxylic acids is 1. The molecule has 0 aliphatic carbocycles. The number of sulfonamides is 1. The van der Waals surface area contributed by atoms with Gasteiger partial charge in [0.15, 0.2) is 6.23 Å². The number of carbonyl (C=O) groups is 1. The van der Waals surface area contributed by atoms with Crippen molar-refractivity contribution in [2.45, 2.75) is 18.6 Å². The lowest BCUT2D eigenvalue weighted by Gasteiger charge is -2.22. The van der Waals surface area contributed by atoms with E-state index in [1.807, 2.05) is 12.1 Å². The van der Waals surface area contributed by atoms with Crippen LogP contribution < -0.4 is 4.31 Å². The van der Waals surface area contributed by atoms with Crippen LogP contribution in [0.3, 0.4) is 0 Å². The Bertz CT molecular complexity index is 595. The number of fused-ring (bicyclic) bond motifs is 3. The van der Waals surface area contributed by atoms with Crippen molar-refractivity contribution < 1.29 is 17.9 Å². The van der Waals surface area contributed by atoms with E-state index in [9.17, 15) is 13.2 Å². The fourth-order valence-electron chi connectivity index (χ4n) is 2.53. The molecule has 2 aliphatic rings. The zero-order valence-corrected chi connectivity index (χ0v) is 9.98. The van der Waals surface area contributed by atoms with Crippen LogP contribution in [0.2, 0.25) is 0 Å². The molecule has 0 N–H and O–H groups in total. The molecule has 1 saturated heterocycles. The Hall–Kier alpha value is -1.56. The van der Waals surface area contributed by atoms with E-state index in [1.165, 1.54) is 4.31 Å². The summed E-state index contributed by atoms with van der Waals surface area (Å²) in [5.41, 5.74) is 1.49. The summed E-state index contributed by atoms with van der Waals surface area (Å²) in [7, 11) is -3.44. The van der Waals surface area contributed by atoms with Crippen molar-refractivity contribution in [3.8, 4) is 0 Å². The molecule has 6 heteroatoms. The molecule has 1 fully saturated rings. The molecule has 0 saturated carbocycles. The minimum Gasteiger partial charge on any atom is -0.440 e. The van der Waals surface area contributed by atoms with Crippen LogP contribution in [0.1, 0.15) is 17.9 Å². The first-order chi connectivity index (χ1) is 7.98. The first kappa shape index (κ1) is 10.6. The van der Waals surface area contributed by atoms with E-state index in [0.29, 0.717) is 5.69 Å². The zero-order chi connectivity index (χ0) is 12.2. The summed E-state index contributed by atoms with van der Waals surface area (Å²) in [4.78, 5) is 11.3. The van der Waals surface area contributed by atoms with Crippen molar-refractivity contribution in [1.82, 2.24) is 0 Å². The van der Waals surface area contributed by atoms with Gasteiger partial charge in [-0.1, -0.05) is 18.2 Å². The lowest BCUT2D eigenvalue weighted by molar-refractivity contribution is -0.140. The Kier molecular flexibility index (Phi) is 2.01. The maximum Gasteiger partial charge on any atom is 0.308 e. The van der Waals surface area contributed by atoms with Crippen LogP contribution in [-0.2, 0) is 19.6 Å². The molecule has 5 nitrogen and oxygen atoms in total. The maximum atomic E-state index is 11.8. The smallest absolute Gasteiger partial charge is 0.308 e. The van der Waals surface area contributed by atoms with Gasteiger partial charge in [-0.25, -0.2) is 12.7 Å². The highest BCUT2D eigenvalue weighted by Gasteiger charge is 2.50. The molecular formula is C11H11NO4S. The second kappa shape index (κ2) is 3.22. The number of hydrogen-bond donors (Lipinski definition) is 0. The second-order valence-electron chi connectivity index (χ2n) is 4.31. The maximum absolute atomic E-state index is 11.8. The molecule has 0 spiro atoms. The second-order valence-corrected chi connectivity index (χ2v) is 6.17. The molecule has 2 unspecified atom stereocenters. The van der Waals surface area contributed by atoms with E-state index in [1.54, 1.807) is 12.1 Å². The number of ether oxygens (including phenoxy) is 1. The van der Waals surface area contributed by atoms with Crippen LogP contribution in [0, 0.1) is 0 Å². The van der Waals surface area contributed by atoms with Gasteiger partial charge in [-0.3, -0.25) is 4.79 Å². The summed E-state index contributed by atoms with van der Waals surface area (Å²) in [6, 6.07) is 7.20. The van der Waals surface area contributed by atoms with Crippen LogP contribution in [0.5, 0.6) is 0 Å². The number of benzene rings is 1. The SMILES string of the molecule is CS(=O)(=O)N1c2ccccc2C2CC(=O)OC21. The van der Waals surface area contributed by atoms with Gasteiger partial charge < -0.3 is 4.74 Å². The first-order valence-corrected chi connectivity index (χ1v) is 7.11. The van der Waals surface area contributed by atoms with Crippen molar-refractivity contribution in [2.75, 3.05) is 10.6 Å². The van der Waals surface area contributed by atoms with Crippen LogP contribution in [0.15, 0.2) is 24.3 Å². The number of hydrogen-bond acceptors (Lipinski definition) is 4. The van der Waals surface area contributed by atoms with Crippen molar-refractivity contribution in [3.05, 3.63) is 29.8 Å². The molecular weight excluding hydrogens is 242 g/mol. The van der Waals surface area contributed by atoms with Crippen molar-refractivity contribution in [3.63, 3.8) is 0 Å². The Balaban J connectivity index is 2.19. The third kappa shape index (κ3) is 1.44. The highest BCUT2D eigenvalue weighted by molar-refractivity contribution is 7.92. The summed E-state index contributed by atoms with van der Waals surface area (Å²) in [6.07, 6.45) is 0.668. The summed E-state index contributed by atoms with van der Waals surface area (Å²) in [6.45, 7) is 0. The molecule has 0 aromatic heterocycles. The molecule has 2 atom stereocenters. The quantitative estimate of drug-likeness (QED) is 0.695. The predicted molar refractivity (Wildman–Crippen MR) is 61.0 cm³/mol. The number of anilines is 1. The Morgan fingerprint density at radius 3 is 2.76 bits per heavy atom. The van der Waals surface area contributed by atoms with Crippen molar-refractivity contribution >= 4 is 21.7 Å². The standard InChI is InChI=1S/C11H11NO4S/c1-17(14,15)12-9-5-3-2-4-7(9)8-6-10(13)16-11(8)12/h2-5,8,11H,6H2,1H3. The first-order valence-electron chi connectivity index (χ1n) is 5.26. The van der Waals surface area contributed by atoms with Crippen LogP contribution in [0.4, 0.5) is 5.69 Å². The number of rotatable bonds is 1. The van der Waals surface area contributed by atoms with E-state index < -0.39 is 16.3 Å². The number of nitrogens with zero attached hydrogens (tertiary/aromatic N) is 1.